The molecule has 9 heteroatoms. The number of hydrogen-bond acceptors (Lipinski definition) is 5. The summed E-state index contributed by atoms with van der Waals surface area (Å²) in [5, 5.41) is 0.438. The number of hydrogen-bond donors (Lipinski definition) is 1. The molecule has 1 aliphatic heterocycles. The molecule has 0 saturated carbocycles. The lowest BCUT2D eigenvalue weighted by Crippen LogP contribution is -2.21. The first-order valence-corrected chi connectivity index (χ1v) is 10.9. The van der Waals surface area contributed by atoms with Gasteiger partial charge in [0.1, 0.15) is 22.5 Å². The average molecular weight is 476 g/mol. The number of anilines is 1. The van der Waals surface area contributed by atoms with Gasteiger partial charge in [0, 0.05) is 23.6 Å². The topological polar surface area (TPSA) is 67.9 Å². The van der Waals surface area contributed by atoms with Crippen molar-refractivity contribution in [1.29, 1.82) is 0 Å². The number of benzene rings is 2. The number of sulfonamides is 1. The summed E-state index contributed by atoms with van der Waals surface area (Å²) in [5.74, 6) is 0.712. The first-order chi connectivity index (χ1) is 12.8. The number of likely N-dealkylation sites (N-methyl/N-ethyl adjacent to an activating group) is 1. The summed E-state index contributed by atoms with van der Waals surface area (Å²) in [4.78, 5) is 2.21. The second kappa shape index (κ2) is 8.26. The lowest BCUT2D eigenvalue weighted by Gasteiger charge is -2.17. The Morgan fingerprint density at radius 3 is 2.67 bits per heavy atom. The minimum atomic E-state index is -3.86. The predicted octanol–water partition coefficient (Wildman–Crippen LogP) is 3.99. The molecule has 1 aliphatic rings. The number of nitrogens with zero attached hydrogens (tertiary/aromatic N) is 1. The van der Waals surface area contributed by atoms with Crippen LogP contribution in [0, 0.1) is 0 Å². The van der Waals surface area contributed by atoms with Gasteiger partial charge in [-0.3, -0.25) is 4.72 Å². The molecule has 1 heterocycles. The third-order valence-corrected chi connectivity index (χ3v) is 6.45. The Bertz CT molecular complexity index is 939. The van der Waals surface area contributed by atoms with Crippen LogP contribution in [0.15, 0.2) is 45.8 Å². The van der Waals surface area contributed by atoms with Gasteiger partial charge < -0.3 is 14.4 Å². The molecule has 0 spiro atoms. The zero-order valence-electron chi connectivity index (χ0n) is 14.9. The Morgan fingerprint density at radius 1 is 1.22 bits per heavy atom. The Balaban J connectivity index is 1.85. The van der Waals surface area contributed by atoms with Crippen molar-refractivity contribution < 1.29 is 17.9 Å². The number of halogens is 2. The van der Waals surface area contributed by atoms with Crippen LogP contribution in [0.4, 0.5) is 5.69 Å². The van der Waals surface area contributed by atoms with Gasteiger partial charge in [0.05, 0.1) is 17.8 Å². The van der Waals surface area contributed by atoms with Crippen molar-refractivity contribution in [2.75, 3.05) is 32.0 Å². The van der Waals surface area contributed by atoms with E-state index >= 15 is 0 Å². The Labute approximate surface area is 172 Å². The fraction of sp³-hybridized carbons (Fsp3) is 0.333. The van der Waals surface area contributed by atoms with E-state index in [0.29, 0.717) is 20.9 Å². The maximum absolute atomic E-state index is 12.8. The number of ether oxygens (including phenoxy) is 2. The van der Waals surface area contributed by atoms with E-state index in [1.165, 1.54) is 13.2 Å². The first kappa shape index (κ1) is 20.3. The summed E-state index contributed by atoms with van der Waals surface area (Å²) < 4.78 is 40.0. The fourth-order valence-corrected chi connectivity index (χ4v) is 4.82. The molecule has 2 aromatic carbocycles. The summed E-state index contributed by atoms with van der Waals surface area (Å²) in [6, 6.07) is 9.60. The second-order valence-corrected chi connectivity index (χ2v) is 9.31. The van der Waals surface area contributed by atoms with Crippen LogP contribution >= 0.6 is 27.5 Å². The molecule has 0 radical (unpaired) electrons. The number of nitrogens with one attached hydrogen (secondary N) is 1. The molecule has 1 atom stereocenters. The molecule has 1 fully saturated rings. The summed E-state index contributed by atoms with van der Waals surface area (Å²) in [6.45, 7) is 1.76. The van der Waals surface area contributed by atoms with Gasteiger partial charge in [0.25, 0.3) is 10.0 Å². The van der Waals surface area contributed by atoms with Crippen molar-refractivity contribution >= 4 is 43.2 Å². The Hall–Kier alpha value is -1.48. The molecule has 1 unspecified atom stereocenters. The van der Waals surface area contributed by atoms with Gasteiger partial charge >= 0.3 is 0 Å². The molecule has 146 valence electrons. The van der Waals surface area contributed by atoms with Crippen LogP contribution in [-0.4, -0.2) is 46.7 Å². The van der Waals surface area contributed by atoms with E-state index < -0.39 is 10.0 Å². The monoisotopic (exact) mass is 474 g/mol. The third-order valence-electron chi connectivity index (χ3n) is 4.24. The summed E-state index contributed by atoms with van der Waals surface area (Å²) in [5.41, 5.74) is 0.364. The minimum Gasteiger partial charge on any atom is -0.495 e. The van der Waals surface area contributed by atoms with E-state index in [1.807, 2.05) is 7.05 Å². The summed E-state index contributed by atoms with van der Waals surface area (Å²) in [7, 11) is -0.402. The highest BCUT2D eigenvalue weighted by Crippen LogP contribution is 2.33. The largest absolute Gasteiger partial charge is 0.495 e. The van der Waals surface area contributed by atoms with E-state index in [4.69, 9.17) is 21.1 Å². The number of methoxy groups -OCH3 is 1. The lowest BCUT2D eigenvalue weighted by molar-refractivity contribution is 0.208. The van der Waals surface area contributed by atoms with Gasteiger partial charge in [-0.2, -0.15) is 0 Å². The van der Waals surface area contributed by atoms with E-state index in [1.54, 1.807) is 30.3 Å². The molecule has 1 N–H and O–H groups in total. The quantitative estimate of drug-likeness (QED) is 0.684. The molecular formula is C18H20BrClN2O4S. The number of likely N-dealkylation sites (tertiary alicyclic amines) is 1. The molecule has 3 rings (SSSR count). The minimum absolute atomic E-state index is 0.0320. The van der Waals surface area contributed by atoms with Crippen molar-refractivity contribution in [3.63, 3.8) is 0 Å². The lowest BCUT2D eigenvalue weighted by atomic mass is 10.3. The first-order valence-electron chi connectivity index (χ1n) is 8.29. The van der Waals surface area contributed by atoms with Crippen LogP contribution in [0.25, 0.3) is 0 Å². The maximum Gasteiger partial charge on any atom is 0.265 e. The Morgan fingerprint density at radius 2 is 2.00 bits per heavy atom. The standard InChI is InChI=1S/C18H20BrClN2O4S/c1-22-8-7-14(11-22)26-17-10-13(4-5-15(17)20)21-27(23,24)18-9-12(19)3-6-16(18)25-2/h3-6,9-10,14,21H,7-8,11H2,1-2H3. The van der Waals surface area contributed by atoms with Crippen LogP contribution in [0.5, 0.6) is 11.5 Å². The van der Waals surface area contributed by atoms with Gasteiger partial charge in [-0.05, 0) is 43.8 Å². The van der Waals surface area contributed by atoms with Crippen LogP contribution in [0.1, 0.15) is 6.42 Å². The molecule has 6 nitrogen and oxygen atoms in total. The molecule has 0 aromatic heterocycles. The zero-order chi connectivity index (χ0) is 19.6. The van der Waals surface area contributed by atoms with Crippen LogP contribution in [-0.2, 0) is 10.0 Å². The predicted molar refractivity (Wildman–Crippen MR) is 109 cm³/mol. The SMILES string of the molecule is COc1ccc(Br)cc1S(=O)(=O)Nc1ccc(Cl)c(OC2CCN(C)C2)c1. The molecule has 27 heavy (non-hydrogen) atoms. The smallest absolute Gasteiger partial charge is 0.265 e. The van der Waals surface area contributed by atoms with Crippen molar-refractivity contribution in [3.8, 4) is 11.5 Å². The van der Waals surface area contributed by atoms with Crippen molar-refractivity contribution in [3.05, 3.63) is 45.9 Å². The summed E-state index contributed by atoms with van der Waals surface area (Å²) in [6.07, 6.45) is 0.933. The maximum atomic E-state index is 12.8. The van der Waals surface area contributed by atoms with Gasteiger partial charge in [0.15, 0.2) is 0 Å². The van der Waals surface area contributed by atoms with E-state index in [9.17, 15) is 8.42 Å². The molecule has 0 aliphatic carbocycles. The highest BCUT2D eigenvalue weighted by atomic mass is 79.9. The average Bonchev–Trinajstić information content (AvgIpc) is 3.02. The Kier molecular flexibility index (Phi) is 6.20. The summed E-state index contributed by atoms with van der Waals surface area (Å²) >= 11 is 9.51. The molecule has 1 saturated heterocycles. The van der Waals surface area contributed by atoms with Gasteiger partial charge in [0.2, 0.25) is 0 Å². The zero-order valence-corrected chi connectivity index (χ0v) is 18.1. The van der Waals surface area contributed by atoms with Crippen LogP contribution in [0.3, 0.4) is 0 Å². The highest BCUT2D eigenvalue weighted by molar-refractivity contribution is 9.10. The molecular weight excluding hydrogens is 456 g/mol. The van der Waals surface area contributed by atoms with Crippen molar-refractivity contribution in [2.45, 2.75) is 17.4 Å². The molecule has 0 amide bonds. The molecule has 2 aromatic rings. The van der Waals surface area contributed by atoms with E-state index in [2.05, 4.69) is 25.6 Å². The van der Waals surface area contributed by atoms with Crippen molar-refractivity contribution in [1.82, 2.24) is 4.90 Å². The fourth-order valence-electron chi connectivity index (χ4n) is 2.90. The van der Waals surface area contributed by atoms with E-state index in [0.717, 1.165) is 19.5 Å². The van der Waals surface area contributed by atoms with Gasteiger partial charge in [-0.1, -0.05) is 27.5 Å². The van der Waals surface area contributed by atoms with Crippen LogP contribution < -0.4 is 14.2 Å². The van der Waals surface area contributed by atoms with E-state index in [-0.39, 0.29) is 16.7 Å². The second-order valence-electron chi connectivity index (χ2n) is 6.34. The van der Waals surface area contributed by atoms with Gasteiger partial charge in [-0.15, -0.1) is 0 Å². The highest BCUT2D eigenvalue weighted by Gasteiger charge is 2.23. The molecule has 0 bridgehead atoms. The van der Waals surface area contributed by atoms with Gasteiger partial charge in [-0.25, -0.2) is 8.42 Å². The normalized spacial score (nSPS) is 17.7. The number of rotatable bonds is 6. The third kappa shape index (κ3) is 4.87. The van der Waals surface area contributed by atoms with Crippen molar-refractivity contribution in [2.24, 2.45) is 0 Å². The van der Waals surface area contributed by atoms with Crippen LogP contribution in [0.2, 0.25) is 5.02 Å².